The van der Waals surface area contributed by atoms with Gasteiger partial charge in [0.2, 0.25) is 0 Å². The molecule has 1 saturated heterocycles. The molecular formula is C20H36O3Si. The van der Waals surface area contributed by atoms with Crippen LogP contribution in [0.2, 0.25) is 18.1 Å². The van der Waals surface area contributed by atoms with Crippen LogP contribution in [0.5, 0.6) is 0 Å². The largest absolute Gasteiger partial charge is 0.413 e. The third-order valence-electron chi connectivity index (χ3n) is 8.79. The first-order valence-corrected chi connectivity index (χ1v) is 12.9. The highest BCUT2D eigenvalue weighted by molar-refractivity contribution is 6.74. The van der Waals surface area contributed by atoms with Gasteiger partial charge in [0.15, 0.2) is 14.1 Å². The van der Waals surface area contributed by atoms with E-state index in [9.17, 15) is 0 Å². The van der Waals surface area contributed by atoms with Crippen molar-refractivity contribution in [3.8, 4) is 0 Å². The summed E-state index contributed by atoms with van der Waals surface area (Å²) in [6, 6.07) is 0. The predicted octanol–water partition coefficient (Wildman–Crippen LogP) is 5.11. The molecule has 0 unspecified atom stereocenters. The number of hydrogen-bond donors (Lipinski definition) is 0. The van der Waals surface area contributed by atoms with Gasteiger partial charge in [-0.15, -0.1) is 0 Å². The van der Waals surface area contributed by atoms with Gasteiger partial charge in [0.05, 0.1) is 19.3 Å². The maximum absolute atomic E-state index is 6.99. The Labute approximate surface area is 148 Å². The minimum absolute atomic E-state index is 0.246. The zero-order valence-corrected chi connectivity index (χ0v) is 17.5. The van der Waals surface area contributed by atoms with E-state index in [1.807, 2.05) is 0 Å². The highest BCUT2D eigenvalue weighted by atomic mass is 28.4. The number of fused-ring (bicyclic) bond motifs is 1. The topological polar surface area (TPSA) is 27.7 Å². The molecule has 0 aromatic heterocycles. The standard InChI is InChI=1S/C20H36O3Si/c1-17(2,3)24(5,6)23-16-8-10-19-11-12-20(21-13-14-22-20)15(19)7-9-18(16,19)4/h15-16H,7-14H2,1-6H3/t15-,16+,18+,19-/m1/s1. The van der Waals surface area contributed by atoms with Gasteiger partial charge >= 0.3 is 0 Å². The van der Waals surface area contributed by atoms with Crippen LogP contribution in [0.25, 0.3) is 0 Å². The van der Waals surface area contributed by atoms with Gasteiger partial charge in [0, 0.05) is 12.3 Å². The van der Waals surface area contributed by atoms with Gasteiger partial charge in [-0.05, 0) is 61.1 Å². The molecule has 2 spiro atoms. The summed E-state index contributed by atoms with van der Waals surface area (Å²) >= 11 is 0. The van der Waals surface area contributed by atoms with E-state index >= 15 is 0 Å². The third-order valence-corrected chi connectivity index (χ3v) is 13.3. The third kappa shape index (κ3) is 2.06. The van der Waals surface area contributed by atoms with Crippen LogP contribution >= 0.6 is 0 Å². The van der Waals surface area contributed by atoms with Crippen molar-refractivity contribution in [2.24, 2.45) is 16.7 Å². The van der Waals surface area contributed by atoms with E-state index in [2.05, 4.69) is 40.8 Å². The Kier molecular flexibility index (Phi) is 3.71. The van der Waals surface area contributed by atoms with Crippen LogP contribution in [-0.2, 0) is 13.9 Å². The van der Waals surface area contributed by atoms with E-state index < -0.39 is 8.32 Å². The molecule has 3 nitrogen and oxygen atoms in total. The molecule has 0 aromatic carbocycles. The summed E-state index contributed by atoms with van der Waals surface area (Å²) in [6.07, 6.45) is 7.88. The van der Waals surface area contributed by atoms with E-state index in [1.54, 1.807) is 0 Å². The van der Waals surface area contributed by atoms with Gasteiger partial charge in [-0.2, -0.15) is 0 Å². The Morgan fingerprint density at radius 1 is 0.958 bits per heavy atom. The fourth-order valence-electron chi connectivity index (χ4n) is 6.35. The second-order valence-corrected chi connectivity index (χ2v) is 15.3. The van der Waals surface area contributed by atoms with Crippen molar-refractivity contribution in [2.75, 3.05) is 13.2 Å². The highest BCUT2D eigenvalue weighted by Gasteiger charge is 2.73. The molecule has 0 amide bonds. The summed E-state index contributed by atoms with van der Waals surface area (Å²) in [6.45, 7) is 16.0. The first-order valence-electron chi connectivity index (χ1n) is 10.0. The Balaban J connectivity index is 1.61. The molecule has 0 radical (unpaired) electrons. The molecule has 1 aliphatic heterocycles. The molecule has 24 heavy (non-hydrogen) atoms. The number of hydrogen-bond acceptors (Lipinski definition) is 3. The van der Waals surface area contributed by atoms with Gasteiger partial charge in [-0.3, -0.25) is 0 Å². The molecule has 4 fully saturated rings. The van der Waals surface area contributed by atoms with E-state index in [0.717, 1.165) is 19.6 Å². The molecule has 3 saturated carbocycles. The van der Waals surface area contributed by atoms with Gasteiger partial charge in [-0.25, -0.2) is 0 Å². The number of ether oxygens (including phenoxy) is 2. The van der Waals surface area contributed by atoms with Crippen molar-refractivity contribution in [1.29, 1.82) is 0 Å². The summed E-state index contributed by atoms with van der Waals surface area (Å²) < 4.78 is 19.4. The van der Waals surface area contributed by atoms with Crippen molar-refractivity contribution < 1.29 is 13.9 Å². The Hall–Kier alpha value is 0.0969. The lowest BCUT2D eigenvalue weighted by Gasteiger charge is -2.46. The normalized spacial score (nSPS) is 44.2. The Morgan fingerprint density at radius 3 is 2.25 bits per heavy atom. The summed E-state index contributed by atoms with van der Waals surface area (Å²) in [5.74, 6) is 0.342. The molecule has 138 valence electrons. The molecule has 4 rings (SSSR count). The van der Waals surface area contributed by atoms with Crippen LogP contribution in [-0.4, -0.2) is 33.4 Å². The summed E-state index contributed by atoms with van der Waals surface area (Å²) in [5.41, 5.74) is 0.705. The minimum atomic E-state index is -1.73. The van der Waals surface area contributed by atoms with Crippen LogP contribution in [0.15, 0.2) is 0 Å². The molecule has 3 aliphatic carbocycles. The first-order chi connectivity index (χ1) is 11.1. The zero-order chi connectivity index (χ0) is 17.4. The molecule has 0 aromatic rings. The van der Waals surface area contributed by atoms with E-state index in [0.29, 0.717) is 22.9 Å². The Bertz CT molecular complexity index is 519. The van der Waals surface area contributed by atoms with E-state index in [1.165, 1.54) is 32.1 Å². The lowest BCUT2D eigenvalue weighted by atomic mass is 9.65. The quantitative estimate of drug-likeness (QED) is 0.646. The van der Waals surface area contributed by atoms with Crippen LogP contribution in [0, 0.1) is 16.7 Å². The highest BCUT2D eigenvalue weighted by Crippen LogP contribution is 2.75. The van der Waals surface area contributed by atoms with E-state index in [4.69, 9.17) is 13.9 Å². The first kappa shape index (κ1) is 17.5. The van der Waals surface area contributed by atoms with Crippen molar-refractivity contribution in [3.05, 3.63) is 0 Å². The smallest absolute Gasteiger partial charge is 0.192 e. The molecule has 0 N–H and O–H groups in total. The van der Waals surface area contributed by atoms with Crippen molar-refractivity contribution in [1.82, 2.24) is 0 Å². The van der Waals surface area contributed by atoms with Gasteiger partial charge in [0.25, 0.3) is 0 Å². The van der Waals surface area contributed by atoms with Crippen LogP contribution < -0.4 is 0 Å². The summed E-state index contributed by atoms with van der Waals surface area (Å²) in [7, 11) is -1.73. The van der Waals surface area contributed by atoms with E-state index in [-0.39, 0.29) is 10.8 Å². The van der Waals surface area contributed by atoms with Crippen LogP contribution in [0.4, 0.5) is 0 Å². The molecular weight excluding hydrogens is 316 g/mol. The van der Waals surface area contributed by atoms with Crippen LogP contribution in [0.1, 0.15) is 66.2 Å². The van der Waals surface area contributed by atoms with Crippen molar-refractivity contribution in [3.63, 3.8) is 0 Å². The SMILES string of the molecule is CC(C)(C)[Si](C)(C)O[C@H]1CC[C@@]23CCC4(OCCO4)[C@@H]2CC[C@@]13C. The van der Waals surface area contributed by atoms with Gasteiger partial charge in [-0.1, -0.05) is 27.7 Å². The average Bonchev–Trinajstić information content (AvgIpc) is 3.17. The average molecular weight is 353 g/mol. The predicted molar refractivity (Wildman–Crippen MR) is 98.4 cm³/mol. The number of rotatable bonds is 2. The Morgan fingerprint density at radius 2 is 1.62 bits per heavy atom. The molecule has 0 bridgehead atoms. The molecule has 4 atom stereocenters. The van der Waals surface area contributed by atoms with Crippen molar-refractivity contribution >= 4 is 8.32 Å². The second kappa shape index (κ2) is 5.08. The van der Waals surface area contributed by atoms with Crippen molar-refractivity contribution in [2.45, 2.75) is 96.2 Å². The fraction of sp³-hybridized carbons (Fsp3) is 1.00. The zero-order valence-electron chi connectivity index (χ0n) is 16.5. The summed E-state index contributed by atoms with van der Waals surface area (Å²) in [5, 5.41) is 0.283. The molecule has 4 heteroatoms. The summed E-state index contributed by atoms with van der Waals surface area (Å²) in [4.78, 5) is 0. The maximum Gasteiger partial charge on any atom is 0.192 e. The minimum Gasteiger partial charge on any atom is -0.413 e. The van der Waals surface area contributed by atoms with Crippen LogP contribution in [0.3, 0.4) is 0 Å². The maximum atomic E-state index is 6.99. The molecule has 1 heterocycles. The second-order valence-electron chi connectivity index (χ2n) is 10.6. The molecule has 4 aliphatic rings. The lowest BCUT2D eigenvalue weighted by Crippen LogP contribution is -2.49. The van der Waals surface area contributed by atoms with Gasteiger partial charge in [0.1, 0.15) is 0 Å². The van der Waals surface area contributed by atoms with Gasteiger partial charge < -0.3 is 13.9 Å². The fourth-order valence-corrected chi connectivity index (χ4v) is 7.79. The monoisotopic (exact) mass is 352 g/mol. The lowest BCUT2D eigenvalue weighted by molar-refractivity contribution is -0.192.